The number of benzene rings is 3. The van der Waals surface area contributed by atoms with Crippen LogP contribution < -0.4 is 10.0 Å². The number of carbonyl (C=O) groups is 3. The molecule has 0 aliphatic rings. The van der Waals surface area contributed by atoms with E-state index < -0.39 is 27.9 Å². The summed E-state index contributed by atoms with van der Waals surface area (Å²) in [7, 11) is -1.52. The molecule has 0 spiro atoms. The van der Waals surface area contributed by atoms with Crippen molar-refractivity contribution in [3.63, 3.8) is 0 Å². The highest BCUT2D eigenvalue weighted by Crippen LogP contribution is 2.27. The van der Waals surface area contributed by atoms with Crippen molar-refractivity contribution in [1.29, 1.82) is 0 Å². The van der Waals surface area contributed by atoms with Gasteiger partial charge in [-0.3, -0.25) is 9.52 Å². The number of methoxy groups -OCH3 is 2. The maximum Gasteiger partial charge on any atom is 0.337 e. The van der Waals surface area contributed by atoms with Crippen LogP contribution >= 0.6 is 11.6 Å². The van der Waals surface area contributed by atoms with Gasteiger partial charge in [-0.15, -0.1) is 0 Å². The summed E-state index contributed by atoms with van der Waals surface area (Å²) in [6.45, 7) is 1.84. The van der Waals surface area contributed by atoms with E-state index in [1.165, 1.54) is 62.8 Å². The number of anilines is 2. The van der Waals surface area contributed by atoms with Crippen molar-refractivity contribution in [2.45, 2.75) is 11.8 Å². The minimum atomic E-state index is -3.89. The topological polar surface area (TPSA) is 128 Å². The summed E-state index contributed by atoms with van der Waals surface area (Å²) in [5.74, 6) is -2.03. The molecule has 1 amide bonds. The molecule has 0 saturated carbocycles. The zero-order valence-corrected chi connectivity index (χ0v) is 20.5. The van der Waals surface area contributed by atoms with E-state index >= 15 is 0 Å². The Kier molecular flexibility index (Phi) is 7.78. The van der Waals surface area contributed by atoms with Gasteiger partial charge in [-0.05, 0) is 55.5 Å². The largest absolute Gasteiger partial charge is 0.465 e. The zero-order chi connectivity index (χ0) is 25.8. The molecule has 2 N–H and O–H groups in total. The Balaban J connectivity index is 1.83. The van der Waals surface area contributed by atoms with Crippen molar-refractivity contribution in [3.05, 3.63) is 87.9 Å². The molecule has 3 aromatic rings. The Bertz CT molecular complexity index is 1370. The molecule has 0 radical (unpaired) electrons. The SMILES string of the molecule is COC(=O)c1cc(NC(=O)c2ccc(NS(=O)(=O)c3ccc(C)cc3)c(Cl)c2)cc(C(=O)OC)c1. The van der Waals surface area contributed by atoms with Gasteiger partial charge in [0.25, 0.3) is 15.9 Å². The van der Waals surface area contributed by atoms with E-state index in [1.807, 2.05) is 6.92 Å². The van der Waals surface area contributed by atoms with Crippen molar-refractivity contribution < 1.29 is 32.3 Å². The zero-order valence-electron chi connectivity index (χ0n) is 18.9. The standard InChI is InChI=1S/C24H21ClN2O7S/c1-14-4-7-19(8-5-14)35(31,32)27-21-9-6-15(13-20(21)25)22(28)26-18-11-16(23(29)33-2)10-17(12-18)24(30)34-3/h4-13,27H,1-3H3,(H,26,28). The van der Waals surface area contributed by atoms with Crippen molar-refractivity contribution >= 4 is 50.8 Å². The number of nitrogens with one attached hydrogen (secondary N) is 2. The van der Waals surface area contributed by atoms with Gasteiger partial charge < -0.3 is 14.8 Å². The lowest BCUT2D eigenvalue weighted by molar-refractivity contribution is 0.0598. The Morgan fingerprint density at radius 1 is 0.800 bits per heavy atom. The molecule has 35 heavy (non-hydrogen) atoms. The van der Waals surface area contributed by atoms with Crippen molar-refractivity contribution in [1.82, 2.24) is 0 Å². The second kappa shape index (κ2) is 10.6. The van der Waals surface area contributed by atoms with E-state index in [2.05, 4.69) is 19.5 Å². The highest BCUT2D eigenvalue weighted by molar-refractivity contribution is 7.92. The fourth-order valence-corrected chi connectivity index (χ4v) is 4.40. The number of rotatable bonds is 7. The van der Waals surface area contributed by atoms with Gasteiger partial charge in [0.05, 0.1) is 41.0 Å². The summed E-state index contributed by atoms with van der Waals surface area (Å²) in [4.78, 5) is 36.7. The van der Waals surface area contributed by atoms with E-state index in [4.69, 9.17) is 11.6 Å². The fourth-order valence-electron chi connectivity index (χ4n) is 3.03. The molecule has 0 unspecified atom stereocenters. The van der Waals surface area contributed by atoms with Crippen molar-refractivity contribution in [2.24, 2.45) is 0 Å². The molecule has 0 aliphatic carbocycles. The average molecular weight is 517 g/mol. The van der Waals surface area contributed by atoms with Gasteiger partial charge in [-0.1, -0.05) is 29.3 Å². The van der Waals surface area contributed by atoms with Crippen molar-refractivity contribution in [2.75, 3.05) is 24.3 Å². The van der Waals surface area contributed by atoms with Gasteiger partial charge in [0, 0.05) is 11.3 Å². The normalized spacial score (nSPS) is 10.9. The van der Waals surface area contributed by atoms with Gasteiger partial charge in [0.2, 0.25) is 0 Å². The molecule has 3 rings (SSSR count). The second-order valence-corrected chi connectivity index (χ2v) is 9.44. The third-order valence-corrected chi connectivity index (χ3v) is 6.53. The summed E-state index contributed by atoms with van der Waals surface area (Å²) in [5.41, 5.74) is 1.31. The van der Waals surface area contributed by atoms with Crippen LogP contribution in [0.4, 0.5) is 11.4 Å². The Labute approximate surface area is 207 Å². The molecule has 0 aromatic heterocycles. The highest BCUT2D eigenvalue weighted by atomic mass is 35.5. The number of halogens is 1. The van der Waals surface area contributed by atoms with Crippen LogP contribution in [0.25, 0.3) is 0 Å². The fraction of sp³-hybridized carbons (Fsp3) is 0.125. The molecular formula is C24H21ClN2O7S. The number of carbonyl (C=O) groups excluding carboxylic acids is 3. The van der Waals surface area contributed by atoms with Crippen molar-refractivity contribution in [3.8, 4) is 0 Å². The number of ether oxygens (including phenoxy) is 2. The summed E-state index contributed by atoms with van der Waals surface area (Å²) >= 11 is 6.24. The molecule has 0 fully saturated rings. The number of amides is 1. The third kappa shape index (κ3) is 6.17. The summed E-state index contributed by atoms with van der Waals surface area (Å²) in [6.07, 6.45) is 0. The lowest BCUT2D eigenvalue weighted by atomic mass is 10.1. The van der Waals surface area contributed by atoms with Crippen LogP contribution in [0.3, 0.4) is 0 Å². The predicted molar refractivity (Wildman–Crippen MR) is 131 cm³/mol. The van der Waals surface area contributed by atoms with Gasteiger partial charge in [0.1, 0.15) is 0 Å². The van der Waals surface area contributed by atoms with Crippen LogP contribution in [0.1, 0.15) is 36.6 Å². The molecule has 0 atom stereocenters. The first-order valence-electron chi connectivity index (χ1n) is 10.1. The van der Waals surface area contributed by atoms with E-state index in [0.29, 0.717) is 0 Å². The monoisotopic (exact) mass is 516 g/mol. The van der Waals surface area contributed by atoms with Crippen LogP contribution in [0.15, 0.2) is 65.6 Å². The Morgan fingerprint density at radius 3 is 1.89 bits per heavy atom. The highest BCUT2D eigenvalue weighted by Gasteiger charge is 2.18. The molecule has 0 heterocycles. The first-order chi connectivity index (χ1) is 16.5. The van der Waals surface area contributed by atoms with Gasteiger partial charge >= 0.3 is 11.9 Å². The van der Waals surface area contributed by atoms with Crippen LogP contribution in [-0.2, 0) is 19.5 Å². The van der Waals surface area contributed by atoms with Gasteiger partial charge in [-0.25, -0.2) is 18.0 Å². The molecule has 9 nitrogen and oxygen atoms in total. The molecular weight excluding hydrogens is 496 g/mol. The molecule has 0 aliphatic heterocycles. The van der Waals surface area contributed by atoms with Crippen LogP contribution in [0.2, 0.25) is 5.02 Å². The smallest absolute Gasteiger partial charge is 0.337 e. The minimum Gasteiger partial charge on any atom is -0.465 e. The maximum atomic E-state index is 12.8. The lowest BCUT2D eigenvalue weighted by Gasteiger charge is -2.12. The second-order valence-electron chi connectivity index (χ2n) is 7.35. The molecule has 3 aromatic carbocycles. The number of aryl methyl sites for hydroxylation is 1. The molecule has 11 heteroatoms. The van der Waals surface area contributed by atoms with Gasteiger partial charge in [0.15, 0.2) is 0 Å². The average Bonchev–Trinajstić information content (AvgIpc) is 2.84. The quantitative estimate of drug-likeness (QED) is 0.449. The van der Waals surface area contributed by atoms with E-state index in [-0.39, 0.29) is 38.0 Å². The van der Waals surface area contributed by atoms with E-state index in [0.717, 1.165) is 5.56 Å². The molecule has 182 valence electrons. The van der Waals surface area contributed by atoms with Crippen LogP contribution in [-0.4, -0.2) is 40.5 Å². The summed E-state index contributed by atoms with van der Waals surface area (Å²) < 4.78 is 37.0. The first kappa shape index (κ1) is 25.7. The Morgan fingerprint density at radius 2 is 1.37 bits per heavy atom. The first-order valence-corrected chi connectivity index (χ1v) is 11.9. The van der Waals surface area contributed by atoms with Gasteiger partial charge in [-0.2, -0.15) is 0 Å². The van der Waals surface area contributed by atoms with E-state index in [1.54, 1.807) is 12.1 Å². The number of esters is 2. The third-order valence-electron chi connectivity index (χ3n) is 4.84. The predicted octanol–water partition coefficient (Wildman–Crippen LogP) is 4.27. The molecule has 0 saturated heterocycles. The minimum absolute atomic E-state index is 0.00750. The number of hydrogen-bond acceptors (Lipinski definition) is 7. The number of sulfonamides is 1. The maximum absolute atomic E-state index is 12.8. The van der Waals surface area contributed by atoms with Crippen LogP contribution in [0, 0.1) is 6.92 Å². The lowest BCUT2D eigenvalue weighted by Crippen LogP contribution is -2.15. The summed E-state index contributed by atoms with van der Waals surface area (Å²) in [5, 5.41) is 2.56. The number of hydrogen-bond donors (Lipinski definition) is 2. The summed E-state index contributed by atoms with van der Waals surface area (Å²) in [6, 6.07) is 14.2. The molecule has 0 bridgehead atoms. The van der Waals surface area contributed by atoms with Crippen LogP contribution in [0.5, 0.6) is 0 Å². The Hall–Kier alpha value is -3.89. The van der Waals surface area contributed by atoms with E-state index in [9.17, 15) is 22.8 Å².